The van der Waals surface area contributed by atoms with Crippen LogP contribution in [0.1, 0.15) is 77.6 Å². The molecule has 0 radical (unpaired) electrons. The molecule has 0 fully saturated rings. The standard InChI is InChI=1S/C49H49NOSi/c1-47(2,3)30-26-37-45-41(19-15-20-42(45)51-46(37)40(27-30)48(4,5)6)50(31-23-25-39-36(28-31)33-16-11-13-18-38(33)49(39,7)8)32-22-24-35-34-17-12-14-21-43(34)52(9,10)44(35)29-32/h11-29H,1-10H3. The first-order chi connectivity index (χ1) is 24.6. The van der Waals surface area contributed by atoms with E-state index in [0.717, 1.165) is 27.9 Å². The first-order valence-electron chi connectivity index (χ1n) is 18.9. The van der Waals surface area contributed by atoms with Gasteiger partial charge in [-0.2, -0.15) is 0 Å². The highest BCUT2D eigenvalue weighted by molar-refractivity contribution is 7.03. The average Bonchev–Trinajstić information content (AvgIpc) is 3.67. The Morgan fingerprint density at radius 3 is 1.98 bits per heavy atom. The van der Waals surface area contributed by atoms with E-state index in [1.807, 2.05) is 0 Å². The van der Waals surface area contributed by atoms with Crippen LogP contribution in [0.4, 0.5) is 17.1 Å². The molecule has 2 heterocycles. The number of benzene rings is 6. The minimum atomic E-state index is -1.93. The van der Waals surface area contributed by atoms with Gasteiger partial charge in [0.2, 0.25) is 0 Å². The van der Waals surface area contributed by atoms with Crippen molar-refractivity contribution in [3.05, 3.63) is 138 Å². The van der Waals surface area contributed by atoms with Crippen LogP contribution in [0.25, 0.3) is 44.2 Å². The van der Waals surface area contributed by atoms with Gasteiger partial charge in [0.15, 0.2) is 0 Å². The van der Waals surface area contributed by atoms with Crippen molar-refractivity contribution in [3.63, 3.8) is 0 Å². The molecule has 0 amide bonds. The molecule has 0 atom stereocenters. The normalized spacial score (nSPS) is 15.4. The van der Waals surface area contributed by atoms with E-state index in [0.29, 0.717) is 0 Å². The van der Waals surface area contributed by atoms with Crippen molar-refractivity contribution in [1.29, 1.82) is 0 Å². The van der Waals surface area contributed by atoms with E-state index >= 15 is 0 Å². The number of furan rings is 1. The molecule has 1 aromatic heterocycles. The zero-order valence-corrected chi connectivity index (χ0v) is 33.3. The molecule has 9 rings (SSSR count). The van der Waals surface area contributed by atoms with Gasteiger partial charge in [-0.1, -0.05) is 141 Å². The summed E-state index contributed by atoms with van der Waals surface area (Å²) in [5.74, 6) is 0. The first-order valence-corrected chi connectivity index (χ1v) is 21.9. The third-order valence-corrected chi connectivity index (χ3v) is 15.7. The summed E-state index contributed by atoms with van der Waals surface area (Å²) in [5, 5.41) is 5.37. The Labute approximate surface area is 310 Å². The molecule has 0 saturated heterocycles. The van der Waals surface area contributed by atoms with Crippen molar-refractivity contribution < 1.29 is 4.42 Å². The van der Waals surface area contributed by atoms with E-state index < -0.39 is 8.07 Å². The van der Waals surface area contributed by atoms with E-state index in [1.54, 1.807) is 0 Å². The van der Waals surface area contributed by atoms with Gasteiger partial charge in [0.05, 0.1) is 11.1 Å². The number of hydrogen-bond acceptors (Lipinski definition) is 2. The maximum atomic E-state index is 6.92. The summed E-state index contributed by atoms with van der Waals surface area (Å²) in [4.78, 5) is 2.51. The predicted molar refractivity (Wildman–Crippen MR) is 226 cm³/mol. The minimum Gasteiger partial charge on any atom is -0.456 e. The second-order valence-electron chi connectivity index (χ2n) is 18.3. The summed E-state index contributed by atoms with van der Waals surface area (Å²) in [6, 6.07) is 43.8. The molecule has 3 heteroatoms. The third kappa shape index (κ3) is 4.68. The van der Waals surface area contributed by atoms with Crippen LogP contribution in [-0.2, 0) is 16.2 Å². The molecule has 0 spiro atoms. The molecular weight excluding hydrogens is 647 g/mol. The Hall–Kier alpha value is -4.86. The topological polar surface area (TPSA) is 16.4 Å². The number of anilines is 3. The largest absolute Gasteiger partial charge is 0.456 e. The predicted octanol–water partition coefficient (Wildman–Crippen LogP) is 12.8. The maximum absolute atomic E-state index is 6.92. The smallest absolute Gasteiger partial charge is 0.139 e. The van der Waals surface area contributed by atoms with Crippen LogP contribution in [0.3, 0.4) is 0 Å². The Kier molecular flexibility index (Phi) is 6.88. The van der Waals surface area contributed by atoms with Crippen molar-refractivity contribution in [2.24, 2.45) is 0 Å². The fraction of sp³-hybridized carbons (Fsp3) is 0.265. The van der Waals surface area contributed by atoms with Crippen LogP contribution in [0.5, 0.6) is 0 Å². The van der Waals surface area contributed by atoms with Gasteiger partial charge in [0.1, 0.15) is 19.2 Å². The summed E-state index contributed by atoms with van der Waals surface area (Å²) >= 11 is 0. The van der Waals surface area contributed by atoms with Gasteiger partial charge in [-0.15, -0.1) is 0 Å². The summed E-state index contributed by atoms with van der Waals surface area (Å²) in [7, 11) is -1.93. The third-order valence-electron chi connectivity index (χ3n) is 12.1. The fourth-order valence-electron chi connectivity index (χ4n) is 9.19. The Balaban J connectivity index is 1.36. The average molecular weight is 696 g/mol. The van der Waals surface area contributed by atoms with E-state index in [1.165, 1.54) is 66.0 Å². The zero-order chi connectivity index (χ0) is 36.5. The van der Waals surface area contributed by atoms with E-state index in [4.69, 9.17) is 4.42 Å². The van der Waals surface area contributed by atoms with Crippen molar-refractivity contribution in [2.45, 2.75) is 84.7 Å². The van der Waals surface area contributed by atoms with Crippen molar-refractivity contribution in [2.75, 3.05) is 4.90 Å². The Bertz CT molecular complexity index is 2600. The van der Waals surface area contributed by atoms with Crippen molar-refractivity contribution >= 4 is 57.4 Å². The second kappa shape index (κ2) is 10.8. The highest BCUT2D eigenvalue weighted by Crippen LogP contribution is 2.52. The van der Waals surface area contributed by atoms with E-state index in [-0.39, 0.29) is 16.2 Å². The van der Waals surface area contributed by atoms with Gasteiger partial charge < -0.3 is 9.32 Å². The highest BCUT2D eigenvalue weighted by Gasteiger charge is 2.39. The van der Waals surface area contributed by atoms with Crippen LogP contribution in [0, 0.1) is 0 Å². The van der Waals surface area contributed by atoms with Crippen LogP contribution in [0.2, 0.25) is 13.1 Å². The fourth-order valence-corrected chi connectivity index (χ4v) is 12.3. The van der Waals surface area contributed by atoms with Crippen LogP contribution >= 0.6 is 0 Å². The molecular formula is C49H49NOSi. The van der Waals surface area contributed by atoms with Crippen molar-refractivity contribution in [3.8, 4) is 22.3 Å². The lowest BCUT2D eigenvalue weighted by Gasteiger charge is -2.29. The quantitative estimate of drug-likeness (QED) is 0.171. The Morgan fingerprint density at radius 2 is 1.23 bits per heavy atom. The molecule has 0 bridgehead atoms. The molecule has 2 nitrogen and oxygen atoms in total. The molecule has 0 N–H and O–H groups in total. The number of fused-ring (bicyclic) bond motifs is 9. The monoisotopic (exact) mass is 695 g/mol. The summed E-state index contributed by atoms with van der Waals surface area (Å²) < 4.78 is 6.92. The van der Waals surface area contributed by atoms with Gasteiger partial charge in [0.25, 0.3) is 0 Å². The zero-order valence-electron chi connectivity index (χ0n) is 32.3. The summed E-state index contributed by atoms with van der Waals surface area (Å²) in [6.07, 6.45) is 0. The number of hydrogen-bond donors (Lipinski definition) is 0. The molecule has 1 aliphatic heterocycles. The first kappa shape index (κ1) is 33.0. The summed E-state index contributed by atoms with van der Waals surface area (Å²) in [5.41, 5.74) is 16.0. The molecule has 7 aromatic rings. The van der Waals surface area contributed by atoms with Crippen LogP contribution < -0.4 is 15.3 Å². The molecule has 0 unspecified atom stereocenters. The van der Waals surface area contributed by atoms with Gasteiger partial charge in [-0.25, -0.2) is 0 Å². The maximum Gasteiger partial charge on any atom is 0.139 e. The lowest BCUT2D eigenvalue weighted by atomic mass is 9.79. The molecule has 0 saturated carbocycles. The summed E-state index contributed by atoms with van der Waals surface area (Å²) in [6.45, 7) is 23.6. The Morgan fingerprint density at radius 1 is 0.577 bits per heavy atom. The molecule has 260 valence electrons. The number of nitrogens with zero attached hydrogens (tertiary/aromatic N) is 1. The molecule has 6 aromatic carbocycles. The van der Waals surface area contributed by atoms with Crippen LogP contribution in [0.15, 0.2) is 120 Å². The second-order valence-corrected chi connectivity index (χ2v) is 22.6. The minimum absolute atomic E-state index is 0.0161. The lowest BCUT2D eigenvalue weighted by Crippen LogP contribution is -2.49. The highest BCUT2D eigenvalue weighted by atomic mass is 28.3. The molecule has 1 aliphatic carbocycles. The van der Waals surface area contributed by atoms with Crippen molar-refractivity contribution in [1.82, 2.24) is 0 Å². The van der Waals surface area contributed by atoms with Gasteiger partial charge in [-0.05, 0) is 103 Å². The van der Waals surface area contributed by atoms with Gasteiger partial charge >= 0.3 is 0 Å². The van der Waals surface area contributed by atoms with E-state index in [9.17, 15) is 0 Å². The van der Waals surface area contributed by atoms with Crippen LogP contribution in [-0.4, -0.2) is 8.07 Å². The molecule has 2 aliphatic rings. The lowest BCUT2D eigenvalue weighted by molar-refractivity contribution is 0.559. The SMILES string of the molecule is CC(C)(C)c1cc(C(C)(C)C)c2oc3cccc(N(c4ccc5c(c4)-c4ccccc4C5(C)C)c4ccc5c(c4)[Si](C)(C)c4ccccc4-5)c3c2c1. The number of rotatable bonds is 3. The molecule has 52 heavy (non-hydrogen) atoms. The van der Waals surface area contributed by atoms with Gasteiger partial charge in [0, 0.05) is 27.7 Å². The van der Waals surface area contributed by atoms with Gasteiger partial charge in [-0.3, -0.25) is 0 Å². The van der Waals surface area contributed by atoms with E-state index in [2.05, 4.69) is 189 Å².